The fraction of sp³-hybridized carbons (Fsp3) is 0.882. The molecular formula is C17H35N3O4. The van der Waals surface area contributed by atoms with Crippen molar-refractivity contribution in [3.63, 3.8) is 0 Å². The van der Waals surface area contributed by atoms with Gasteiger partial charge in [0.25, 0.3) is 0 Å². The monoisotopic (exact) mass is 345 g/mol. The number of esters is 1. The number of likely N-dealkylation sites (N-methyl/N-ethyl adjacent to an activating group) is 2. The molecule has 2 atom stereocenters. The summed E-state index contributed by atoms with van der Waals surface area (Å²) in [7, 11) is 6.04. The van der Waals surface area contributed by atoms with Crippen LogP contribution in [0.3, 0.4) is 0 Å². The Morgan fingerprint density at radius 2 is 1.71 bits per heavy atom. The maximum atomic E-state index is 12.3. The highest BCUT2D eigenvalue weighted by atomic mass is 16.5. The molecule has 0 rings (SSSR count). The van der Waals surface area contributed by atoms with Gasteiger partial charge in [0.2, 0.25) is 5.91 Å². The van der Waals surface area contributed by atoms with Gasteiger partial charge in [-0.2, -0.15) is 0 Å². The van der Waals surface area contributed by atoms with E-state index in [1.54, 1.807) is 6.92 Å². The number of carbonyl (C=O) groups is 2. The molecule has 0 heterocycles. The average Bonchev–Trinajstić information content (AvgIpc) is 2.49. The fourth-order valence-electron chi connectivity index (χ4n) is 2.27. The van der Waals surface area contributed by atoms with E-state index in [-0.39, 0.29) is 36.4 Å². The van der Waals surface area contributed by atoms with Crippen LogP contribution in [-0.4, -0.2) is 80.9 Å². The Labute approximate surface area is 146 Å². The zero-order valence-electron chi connectivity index (χ0n) is 16.0. The first kappa shape index (κ1) is 22.8. The van der Waals surface area contributed by atoms with E-state index in [1.165, 1.54) is 0 Å². The van der Waals surface area contributed by atoms with Gasteiger partial charge in [0.15, 0.2) is 0 Å². The van der Waals surface area contributed by atoms with Crippen molar-refractivity contribution < 1.29 is 19.4 Å². The molecule has 0 spiro atoms. The van der Waals surface area contributed by atoms with Gasteiger partial charge in [-0.3, -0.25) is 9.59 Å². The number of amides is 1. The van der Waals surface area contributed by atoms with Crippen LogP contribution < -0.4 is 5.32 Å². The predicted molar refractivity (Wildman–Crippen MR) is 94.3 cm³/mol. The standard InChI is InChI=1S/C17H35N3O4/c1-13(2)15(11-14(3)16(22)18-12-21)17(23)24-10-9-20(6)8-7-19(4)5/h13-15,21H,7-12H2,1-6H3,(H,18,22). The van der Waals surface area contributed by atoms with E-state index in [1.807, 2.05) is 35.0 Å². The molecular weight excluding hydrogens is 310 g/mol. The molecule has 0 aromatic heterocycles. The van der Waals surface area contributed by atoms with Crippen LogP contribution in [0.5, 0.6) is 0 Å². The minimum absolute atomic E-state index is 0.0911. The van der Waals surface area contributed by atoms with Crippen molar-refractivity contribution in [3.05, 3.63) is 0 Å². The number of rotatable bonds is 12. The molecule has 0 aliphatic rings. The Balaban J connectivity index is 4.32. The van der Waals surface area contributed by atoms with Gasteiger partial charge in [-0.25, -0.2) is 0 Å². The van der Waals surface area contributed by atoms with Crippen molar-refractivity contribution in [2.75, 3.05) is 54.1 Å². The summed E-state index contributed by atoms with van der Waals surface area (Å²) in [5.41, 5.74) is 0. The lowest BCUT2D eigenvalue weighted by atomic mass is 9.86. The third-order valence-electron chi connectivity index (χ3n) is 4.06. The van der Waals surface area contributed by atoms with E-state index in [0.717, 1.165) is 13.1 Å². The van der Waals surface area contributed by atoms with Crippen molar-refractivity contribution >= 4 is 11.9 Å². The second kappa shape index (κ2) is 12.2. The minimum Gasteiger partial charge on any atom is -0.464 e. The molecule has 24 heavy (non-hydrogen) atoms. The molecule has 142 valence electrons. The van der Waals surface area contributed by atoms with Crippen LogP contribution in [0.4, 0.5) is 0 Å². The molecule has 7 nitrogen and oxygen atoms in total. The molecule has 0 aliphatic carbocycles. The fourth-order valence-corrected chi connectivity index (χ4v) is 2.27. The molecule has 0 fully saturated rings. The van der Waals surface area contributed by atoms with E-state index < -0.39 is 0 Å². The molecule has 0 bridgehead atoms. The Hall–Kier alpha value is -1.18. The average molecular weight is 345 g/mol. The first-order chi connectivity index (χ1) is 11.2. The molecule has 0 radical (unpaired) electrons. The summed E-state index contributed by atoms with van der Waals surface area (Å²) < 4.78 is 5.41. The lowest BCUT2D eigenvalue weighted by molar-refractivity contribution is -0.151. The van der Waals surface area contributed by atoms with Gasteiger partial charge in [-0.1, -0.05) is 20.8 Å². The molecule has 0 saturated carbocycles. The van der Waals surface area contributed by atoms with Crippen LogP contribution >= 0.6 is 0 Å². The summed E-state index contributed by atoms with van der Waals surface area (Å²) in [6, 6.07) is 0. The second-order valence-corrected chi connectivity index (χ2v) is 6.96. The van der Waals surface area contributed by atoms with Crippen LogP contribution in [0.2, 0.25) is 0 Å². The Bertz CT molecular complexity index is 375. The maximum absolute atomic E-state index is 12.3. The molecule has 0 aliphatic heterocycles. The van der Waals surface area contributed by atoms with E-state index in [0.29, 0.717) is 19.6 Å². The Morgan fingerprint density at radius 3 is 2.21 bits per heavy atom. The number of ether oxygens (including phenoxy) is 1. The molecule has 7 heteroatoms. The van der Waals surface area contributed by atoms with Crippen molar-refractivity contribution in [3.8, 4) is 0 Å². The molecule has 1 amide bonds. The normalized spacial score (nSPS) is 14.1. The number of nitrogens with zero attached hydrogens (tertiary/aromatic N) is 2. The van der Waals surface area contributed by atoms with Crippen LogP contribution in [0.15, 0.2) is 0 Å². The summed E-state index contributed by atoms with van der Waals surface area (Å²) in [5.74, 6) is -1.08. The molecule has 0 saturated heterocycles. The van der Waals surface area contributed by atoms with Gasteiger partial charge >= 0.3 is 5.97 Å². The Morgan fingerprint density at radius 1 is 1.08 bits per heavy atom. The van der Waals surface area contributed by atoms with Gasteiger partial charge in [-0.05, 0) is 33.5 Å². The second-order valence-electron chi connectivity index (χ2n) is 6.96. The van der Waals surface area contributed by atoms with E-state index in [2.05, 4.69) is 15.1 Å². The van der Waals surface area contributed by atoms with Gasteiger partial charge in [0.1, 0.15) is 13.3 Å². The van der Waals surface area contributed by atoms with Crippen molar-refractivity contribution in [1.29, 1.82) is 0 Å². The van der Waals surface area contributed by atoms with Gasteiger partial charge < -0.3 is 25.0 Å². The number of aliphatic hydroxyl groups excluding tert-OH is 1. The summed E-state index contributed by atoms with van der Waals surface area (Å²) in [6.45, 7) is 8.17. The van der Waals surface area contributed by atoms with Crippen molar-refractivity contribution in [2.45, 2.75) is 27.2 Å². The Kier molecular flexibility index (Phi) is 11.6. The summed E-state index contributed by atoms with van der Waals surface area (Å²) >= 11 is 0. The third kappa shape index (κ3) is 9.85. The van der Waals surface area contributed by atoms with Crippen LogP contribution in [0.25, 0.3) is 0 Å². The van der Waals surface area contributed by atoms with E-state index >= 15 is 0 Å². The van der Waals surface area contributed by atoms with Gasteiger partial charge in [0.05, 0.1) is 5.92 Å². The molecule has 0 aromatic carbocycles. The van der Waals surface area contributed by atoms with E-state index in [4.69, 9.17) is 9.84 Å². The lowest BCUT2D eigenvalue weighted by Gasteiger charge is -2.23. The van der Waals surface area contributed by atoms with Gasteiger partial charge in [0, 0.05) is 25.6 Å². The quantitative estimate of drug-likeness (QED) is 0.393. The smallest absolute Gasteiger partial charge is 0.309 e. The van der Waals surface area contributed by atoms with Crippen LogP contribution in [0, 0.1) is 17.8 Å². The topological polar surface area (TPSA) is 82.1 Å². The van der Waals surface area contributed by atoms with Crippen molar-refractivity contribution in [1.82, 2.24) is 15.1 Å². The number of nitrogens with one attached hydrogen (secondary N) is 1. The zero-order valence-corrected chi connectivity index (χ0v) is 16.0. The highest BCUT2D eigenvalue weighted by Gasteiger charge is 2.28. The predicted octanol–water partition coefficient (Wildman–Crippen LogP) is 0.387. The zero-order chi connectivity index (χ0) is 18.7. The van der Waals surface area contributed by atoms with E-state index in [9.17, 15) is 9.59 Å². The van der Waals surface area contributed by atoms with Crippen LogP contribution in [-0.2, 0) is 14.3 Å². The number of hydrogen-bond acceptors (Lipinski definition) is 6. The minimum atomic E-state index is -0.390. The summed E-state index contributed by atoms with van der Waals surface area (Å²) in [6.07, 6.45) is 0.415. The number of carbonyl (C=O) groups excluding carboxylic acids is 2. The first-order valence-electron chi connectivity index (χ1n) is 8.57. The van der Waals surface area contributed by atoms with Crippen LogP contribution in [0.1, 0.15) is 27.2 Å². The molecule has 2 unspecified atom stereocenters. The first-order valence-corrected chi connectivity index (χ1v) is 8.57. The highest BCUT2D eigenvalue weighted by Crippen LogP contribution is 2.22. The maximum Gasteiger partial charge on any atom is 0.309 e. The van der Waals surface area contributed by atoms with Crippen molar-refractivity contribution in [2.24, 2.45) is 17.8 Å². The number of aliphatic hydroxyl groups is 1. The number of hydrogen-bond donors (Lipinski definition) is 2. The third-order valence-corrected chi connectivity index (χ3v) is 4.06. The summed E-state index contributed by atoms with van der Waals surface area (Å²) in [5, 5.41) is 11.1. The lowest BCUT2D eigenvalue weighted by Crippen LogP contribution is -2.35. The molecule has 0 aromatic rings. The van der Waals surface area contributed by atoms with Gasteiger partial charge in [-0.15, -0.1) is 0 Å². The largest absolute Gasteiger partial charge is 0.464 e. The summed E-state index contributed by atoms with van der Waals surface area (Å²) in [4.78, 5) is 28.3. The molecule has 2 N–H and O–H groups in total. The SMILES string of the molecule is CC(CC(C(=O)OCCN(C)CCN(C)C)C(C)C)C(=O)NCO. The highest BCUT2D eigenvalue weighted by molar-refractivity contribution is 5.79.